The first kappa shape index (κ1) is 12.3. The van der Waals surface area contributed by atoms with Gasteiger partial charge >= 0.3 is 0 Å². The van der Waals surface area contributed by atoms with Crippen molar-refractivity contribution < 1.29 is 14.8 Å². The molecular formula is C10H11BrN2O4. The van der Waals surface area contributed by atoms with Crippen LogP contribution in [0.4, 0.5) is 5.69 Å². The number of aliphatic hydroxyl groups excluding tert-OH is 1. The highest BCUT2D eigenvalue weighted by Crippen LogP contribution is 2.30. The highest BCUT2D eigenvalue weighted by atomic mass is 79.9. The number of β-amino-alcohol motifs (C(OH)–C–C–N with tert-alkyl or cyclic N) is 1. The molecule has 0 unspecified atom stereocenters. The number of benzene rings is 1. The van der Waals surface area contributed by atoms with Crippen LogP contribution in [-0.4, -0.2) is 35.3 Å². The Hall–Kier alpha value is -1.18. The molecule has 1 fully saturated rings. The largest absolute Gasteiger partial charge is 0.485 e. The van der Waals surface area contributed by atoms with E-state index in [1.54, 1.807) is 6.07 Å². The van der Waals surface area contributed by atoms with Gasteiger partial charge in [-0.2, -0.15) is 0 Å². The van der Waals surface area contributed by atoms with Gasteiger partial charge in [-0.15, -0.1) is 0 Å². The molecule has 0 saturated carbocycles. The topological polar surface area (TPSA) is 84.6 Å². The highest BCUT2D eigenvalue weighted by molar-refractivity contribution is 9.10. The molecule has 0 aliphatic carbocycles. The minimum absolute atomic E-state index is 0.0383. The summed E-state index contributed by atoms with van der Waals surface area (Å²) in [6.07, 6.45) is -0.977. The molecule has 0 radical (unpaired) electrons. The molecule has 1 aliphatic rings. The fourth-order valence-electron chi connectivity index (χ4n) is 1.62. The second-order valence-corrected chi connectivity index (χ2v) is 4.61. The Morgan fingerprint density at radius 2 is 2.29 bits per heavy atom. The highest BCUT2D eigenvalue weighted by Gasteiger charge is 2.27. The molecule has 1 aromatic rings. The Kier molecular flexibility index (Phi) is 3.60. The number of nitrogens with zero attached hydrogens (tertiary/aromatic N) is 1. The first-order chi connectivity index (χ1) is 8.08. The van der Waals surface area contributed by atoms with E-state index in [0.717, 1.165) is 0 Å². The predicted octanol–water partition coefficient (Wildman–Crippen LogP) is 1.07. The van der Waals surface area contributed by atoms with Gasteiger partial charge in [0.15, 0.2) is 0 Å². The van der Waals surface area contributed by atoms with Crippen LogP contribution in [0.3, 0.4) is 0 Å². The molecule has 2 N–H and O–H groups in total. The number of non-ortho nitro benzene ring substituents is 1. The maximum absolute atomic E-state index is 10.6. The Morgan fingerprint density at radius 1 is 1.53 bits per heavy atom. The van der Waals surface area contributed by atoms with Crippen molar-refractivity contribution in [1.82, 2.24) is 5.32 Å². The lowest BCUT2D eigenvalue weighted by Gasteiger charge is -2.16. The smallest absolute Gasteiger partial charge is 0.273 e. The van der Waals surface area contributed by atoms with Crippen molar-refractivity contribution in [1.29, 1.82) is 0 Å². The molecular weight excluding hydrogens is 292 g/mol. The third-order valence-corrected chi connectivity index (χ3v) is 3.19. The van der Waals surface area contributed by atoms with Crippen molar-refractivity contribution in [2.45, 2.75) is 12.2 Å². The minimum Gasteiger partial charge on any atom is -0.485 e. The standard InChI is InChI=1S/C10H11BrN2O4/c11-7-2-1-6(13(15)16)3-9(7)17-10-5-12-4-8(10)14/h1-3,8,10,12,14H,4-5H2/t8-,10-/m0/s1. The van der Waals surface area contributed by atoms with Crippen LogP contribution >= 0.6 is 15.9 Å². The normalized spacial score (nSPS) is 23.6. The quantitative estimate of drug-likeness (QED) is 0.644. The van der Waals surface area contributed by atoms with Crippen LogP contribution in [0, 0.1) is 10.1 Å². The number of halogens is 1. The minimum atomic E-state index is -0.596. The lowest BCUT2D eigenvalue weighted by Crippen LogP contribution is -2.29. The molecule has 92 valence electrons. The average Bonchev–Trinajstić information content (AvgIpc) is 2.67. The summed E-state index contributed by atoms with van der Waals surface area (Å²) in [6, 6.07) is 4.29. The van der Waals surface area contributed by atoms with E-state index in [0.29, 0.717) is 23.3 Å². The molecule has 17 heavy (non-hydrogen) atoms. The third kappa shape index (κ3) is 2.74. The number of nitro groups is 1. The van der Waals surface area contributed by atoms with Crippen molar-refractivity contribution in [2.75, 3.05) is 13.1 Å². The molecule has 1 saturated heterocycles. The molecule has 0 aromatic heterocycles. The predicted molar refractivity (Wildman–Crippen MR) is 64.1 cm³/mol. The van der Waals surface area contributed by atoms with Gasteiger partial charge < -0.3 is 15.2 Å². The van der Waals surface area contributed by atoms with Crippen molar-refractivity contribution in [3.63, 3.8) is 0 Å². The first-order valence-electron chi connectivity index (χ1n) is 5.07. The molecule has 0 bridgehead atoms. The molecule has 6 nitrogen and oxygen atoms in total. The molecule has 1 heterocycles. The van der Waals surface area contributed by atoms with Crippen molar-refractivity contribution in [3.8, 4) is 5.75 Å². The van der Waals surface area contributed by atoms with E-state index >= 15 is 0 Å². The average molecular weight is 303 g/mol. The summed E-state index contributed by atoms with van der Waals surface area (Å²) in [5.74, 6) is 0.368. The van der Waals surface area contributed by atoms with Gasteiger partial charge in [0.25, 0.3) is 5.69 Å². The second-order valence-electron chi connectivity index (χ2n) is 3.75. The van der Waals surface area contributed by atoms with E-state index in [1.807, 2.05) is 0 Å². The summed E-state index contributed by atoms with van der Waals surface area (Å²) in [5.41, 5.74) is -0.0383. The van der Waals surface area contributed by atoms with Gasteiger partial charge in [-0.05, 0) is 22.0 Å². The van der Waals surface area contributed by atoms with Gasteiger partial charge in [-0.3, -0.25) is 10.1 Å². The fraction of sp³-hybridized carbons (Fsp3) is 0.400. The Morgan fingerprint density at radius 3 is 2.88 bits per heavy atom. The third-order valence-electron chi connectivity index (χ3n) is 2.53. The Balaban J connectivity index is 2.19. The fourth-order valence-corrected chi connectivity index (χ4v) is 1.96. The monoisotopic (exact) mass is 302 g/mol. The van der Waals surface area contributed by atoms with E-state index in [4.69, 9.17) is 4.74 Å². The number of aliphatic hydroxyl groups is 1. The summed E-state index contributed by atoms with van der Waals surface area (Å²) in [4.78, 5) is 10.2. The van der Waals surface area contributed by atoms with Crippen LogP contribution < -0.4 is 10.1 Å². The lowest BCUT2D eigenvalue weighted by atomic mass is 10.2. The van der Waals surface area contributed by atoms with Crippen LogP contribution in [0.2, 0.25) is 0 Å². The van der Waals surface area contributed by atoms with Crippen molar-refractivity contribution in [2.24, 2.45) is 0 Å². The summed E-state index contributed by atoms with van der Waals surface area (Å²) >= 11 is 3.26. The van der Waals surface area contributed by atoms with Gasteiger partial charge in [0.2, 0.25) is 0 Å². The molecule has 0 amide bonds. The zero-order valence-electron chi connectivity index (χ0n) is 8.80. The van der Waals surface area contributed by atoms with Crippen LogP contribution in [0.15, 0.2) is 22.7 Å². The lowest BCUT2D eigenvalue weighted by molar-refractivity contribution is -0.385. The molecule has 7 heteroatoms. The van der Waals surface area contributed by atoms with E-state index < -0.39 is 11.0 Å². The molecule has 1 aromatic carbocycles. The zero-order valence-corrected chi connectivity index (χ0v) is 10.4. The first-order valence-corrected chi connectivity index (χ1v) is 5.86. The molecule has 0 spiro atoms. The SMILES string of the molecule is O=[N+]([O-])c1ccc(Br)c(O[C@H]2CNC[C@@H]2O)c1. The summed E-state index contributed by atoms with van der Waals surface area (Å²) in [7, 11) is 0. The number of ether oxygens (including phenoxy) is 1. The number of nitro benzene ring substituents is 1. The Bertz CT molecular complexity index is 440. The number of nitrogens with one attached hydrogen (secondary N) is 1. The number of hydrogen-bond donors (Lipinski definition) is 2. The van der Waals surface area contributed by atoms with Crippen molar-refractivity contribution in [3.05, 3.63) is 32.8 Å². The molecule has 2 atom stereocenters. The van der Waals surface area contributed by atoms with Crippen LogP contribution in [0.5, 0.6) is 5.75 Å². The Labute approximate surface area is 106 Å². The summed E-state index contributed by atoms with van der Waals surface area (Å²) in [5, 5.41) is 23.2. The van der Waals surface area contributed by atoms with E-state index in [1.165, 1.54) is 12.1 Å². The van der Waals surface area contributed by atoms with Gasteiger partial charge in [-0.25, -0.2) is 0 Å². The van der Waals surface area contributed by atoms with Gasteiger partial charge in [0, 0.05) is 19.2 Å². The van der Waals surface area contributed by atoms with E-state index in [-0.39, 0.29) is 11.8 Å². The molecule has 2 rings (SSSR count). The van der Waals surface area contributed by atoms with Gasteiger partial charge in [0.05, 0.1) is 15.5 Å². The van der Waals surface area contributed by atoms with E-state index in [9.17, 15) is 15.2 Å². The van der Waals surface area contributed by atoms with E-state index in [2.05, 4.69) is 21.2 Å². The number of hydrogen-bond acceptors (Lipinski definition) is 5. The molecule has 1 aliphatic heterocycles. The second kappa shape index (κ2) is 4.99. The van der Waals surface area contributed by atoms with Gasteiger partial charge in [0.1, 0.15) is 18.0 Å². The van der Waals surface area contributed by atoms with Gasteiger partial charge in [-0.1, -0.05) is 0 Å². The van der Waals surface area contributed by atoms with Crippen molar-refractivity contribution >= 4 is 21.6 Å². The number of rotatable bonds is 3. The van der Waals surface area contributed by atoms with Crippen LogP contribution in [0.25, 0.3) is 0 Å². The van der Waals surface area contributed by atoms with Crippen LogP contribution in [-0.2, 0) is 0 Å². The summed E-state index contributed by atoms with van der Waals surface area (Å²) < 4.78 is 6.17. The summed E-state index contributed by atoms with van der Waals surface area (Å²) in [6.45, 7) is 0.994. The van der Waals surface area contributed by atoms with Crippen LogP contribution in [0.1, 0.15) is 0 Å². The zero-order chi connectivity index (χ0) is 12.4. The maximum Gasteiger partial charge on any atom is 0.273 e. The maximum atomic E-state index is 10.6.